The Balaban J connectivity index is 1.61. The van der Waals surface area contributed by atoms with E-state index in [-0.39, 0.29) is 11.7 Å². The molecule has 116 valence electrons. The van der Waals surface area contributed by atoms with Crippen LogP contribution in [-0.4, -0.2) is 19.1 Å². The van der Waals surface area contributed by atoms with E-state index in [2.05, 4.69) is 5.32 Å². The van der Waals surface area contributed by atoms with E-state index in [9.17, 15) is 9.18 Å². The number of benzene rings is 2. The van der Waals surface area contributed by atoms with Gasteiger partial charge in [0.2, 0.25) is 5.91 Å². The highest BCUT2D eigenvalue weighted by molar-refractivity contribution is 5.76. The van der Waals surface area contributed by atoms with Crippen LogP contribution >= 0.6 is 0 Å². The summed E-state index contributed by atoms with van der Waals surface area (Å²) in [5, 5.41) is 2.81. The monoisotopic (exact) mass is 301 g/mol. The molecule has 0 fully saturated rings. The molecule has 3 nitrogen and oxygen atoms in total. The lowest BCUT2D eigenvalue weighted by Crippen LogP contribution is -2.28. The second kappa shape index (κ2) is 8.17. The Morgan fingerprint density at radius 2 is 1.77 bits per heavy atom. The topological polar surface area (TPSA) is 38.3 Å². The van der Waals surface area contributed by atoms with Crippen molar-refractivity contribution in [1.82, 2.24) is 5.32 Å². The largest absolute Gasteiger partial charge is 0.492 e. The van der Waals surface area contributed by atoms with Gasteiger partial charge in [-0.2, -0.15) is 0 Å². The summed E-state index contributed by atoms with van der Waals surface area (Å²) < 4.78 is 18.1. The number of halogens is 1. The number of carbonyl (C=O) groups excluding carboxylic acids is 1. The minimum absolute atomic E-state index is 0.00304. The molecule has 0 saturated heterocycles. The summed E-state index contributed by atoms with van der Waals surface area (Å²) in [4.78, 5) is 11.7. The molecule has 1 amide bonds. The maximum Gasteiger partial charge on any atom is 0.220 e. The summed E-state index contributed by atoms with van der Waals surface area (Å²) in [6.07, 6.45) is 1.19. The number of ether oxygens (including phenoxy) is 1. The molecule has 0 unspecified atom stereocenters. The van der Waals surface area contributed by atoms with Gasteiger partial charge < -0.3 is 10.1 Å². The number of carbonyl (C=O) groups is 1. The van der Waals surface area contributed by atoms with E-state index < -0.39 is 0 Å². The molecule has 0 aliphatic rings. The van der Waals surface area contributed by atoms with Crippen molar-refractivity contribution >= 4 is 5.91 Å². The summed E-state index contributed by atoms with van der Waals surface area (Å²) in [5.74, 6) is 0.301. The molecule has 22 heavy (non-hydrogen) atoms. The van der Waals surface area contributed by atoms with E-state index in [0.29, 0.717) is 25.3 Å². The zero-order chi connectivity index (χ0) is 15.8. The van der Waals surface area contributed by atoms with Crippen LogP contribution in [-0.2, 0) is 11.2 Å². The van der Waals surface area contributed by atoms with Crippen molar-refractivity contribution < 1.29 is 13.9 Å². The van der Waals surface area contributed by atoms with Gasteiger partial charge in [-0.25, -0.2) is 4.39 Å². The zero-order valence-corrected chi connectivity index (χ0v) is 12.6. The highest BCUT2D eigenvalue weighted by Crippen LogP contribution is 2.10. The van der Waals surface area contributed by atoms with Gasteiger partial charge in [0.05, 0.1) is 6.54 Å². The van der Waals surface area contributed by atoms with Crippen LogP contribution in [0.5, 0.6) is 5.75 Å². The van der Waals surface area contributed by atoms with Gasteiger partial charge in [-0.1, -0.05) is 29.8 Å². The number of nitrogens with one attached hydrogen (secondary N) is 1. The Morgan fingerprint density at radius 1 is 1.09 bits per heavy atom. The Hall–Kier alpha value is -2.36. The molecule has 0 aliphatic heterocycles. The summed E-state index contributed by atoms with van der Waals surface area (Å²) >= 11 is 0. The molecule has 0 atom stereocenters. The van der Waals surface area contributed by atoms with Gasteiger partial charge in [0, 0.05) is 6.42 Å². The smallest absolute Gasteiger partial charge is 0.220 e. The molecule has 2 aromatic carbocycles. The first-order chi connectivity index (χ1) is 10.6. The molecule has 0 aromatic heterocycles. The summed E-state index contributed by atoms with van der Waals surface area (Å²) in [5.41, 5.74) is 2.37. The van der Waals surface area contributed by atoms with Gasteiger partial charge in [-0.15, -0.1) is 0 Å². The first kappa shape index (κ1) is 16.0. The van der Waals surface area contributed by atoms with E-state index in [1.54, 1.807) is 12.1 Å². The number of amides is 1. The highest BCUT2D eigenvalue weighted by Gasteiger charge is 2.02. The lowest BCUT2D eigenvalue weighted by molar-refractivity contribution is -0.121. The molecular weight excluding hydrogens is 281 g/mol. The van der Waals surface area contributed by atoms with Crippen LogP contribution in [0.4, 0.5) is 4.39 Å². The first-order valence-electron chi connectivity index (χ1n) is 7.34. The molecule has 0 spiro atoms. The lowest BCUT2D eigenvalue weighted by Gasteiger charge is -2.08. The second-order valence-electron chi connectivity index (χ2n) is 5.14. The van der Waals surface area contributed by atoms with Crippen LogP contribution in [0.1, 0.15) is 17.5 Å². The quantitative estimate of drug-likeness (QED) is 0.797. The Labute approximate surface area is 130 Å². The van der Waals surface area contributed by atoms with Crippen LogP contribution in [0.3, 0.4) is 0 Å². The number of hydrogen-bond donors (Lipinski definition) is 1. The van der Waals surface area contributed by atoms with E-state index in [4.69, 9.17) is 4.74 Å². The van der Waals surface area contributed by atoms with Crippen molar-refractivity contribution in [3.8, 4) is 5.75 Å². The van der Waals surface area contributed by atoms with Gasteiger partial charge >= 0.3 is 0 Å². The fourth-order valence-corrected chi connectivity index (χ4v) is 1.99. The fraction of sp³-hybridized carbons (Fsp3) is 0.278. The zero-order valence-electron chi connectivity index (χ0n) is 12.6. The van der Waals surface area contributed by atoms with E-state index >= 15 is 0 Å². The number of aryl methyl sites for hydroxylation is 2. The Morgan fingerprint density at radius 3 is 2.45 bits per heavy atom. The van der Waals surface area contributed by atoms with E-state index in [1.807, 2.05) is 31.2 Å². The minimum Gasteiger partial charge on any atom is -0.492 e. The number of hydrogen-bond acceptors (Lipinski definition) is 2. The van der Waals surface area contributed by atoms with Gasteiger partial charge in [0.1, 0.15) is 18.2 Å². The SMILES string of the molecule is Cc1ccc(CCC(=O)NCCOc2ccc(F)cc2)cc1. The third kappa shape index (κ3) is 5.56. The van der Waals surface area contributed by atoms with Crippen molar-refractivity contribution in [2.75, 3.05) is 13.2 Å². The molecule has 2 rings (SSSR count). The van der Waals surface area contributed by atoms with Crippen molar-refractivity contribution in [2.24, 2.45) is 0 Å². The molecule has 2 aromatic rings. The predicted octanol–water partition coefficient (Wildman–Crippen LogP) is 3.26. The van der Waals surface area contributed by atoms with Gasteiger partial charge in [0.25, 0.3) is 0 Å². The summed E-state index contributed by atoms with van der Waals surface area (Å²) in [6.45, 7) is 2.84. The molecule has 1 N–H and O–H groups in total. The van der Waals surface area contributed by atoms with Crippen LogP contribution in [0.15, 0.2) is 48.5 Å². The van der Waals surface area contributed by atoms with E-state index in [0.717, 1.165) is 12.0 Å². The Kier molecular flexibility index (Phi) is 5.95. The van der Waals surface area contributed by atoms with Crippen LogP contribution in [0.2, 0.25) is 0 Å². The van der Waals surface area contributed by atoms with E-state index in [1.165, 1.54) is 17.7 Å². The van der Waals surface area contributed by atoms with Crippen LogP contribution in [0.25, 0.3) is 0 Å². The van der Waals surface area contributed by atoms with Crippen molar-refractivity contribution in [3.63, 3.8) is 0 Å². The first-order valence-corrected chi connectivity index (χ1v) is 7.34. The third-order valence-electron chi connectivity index (χ3n) is 3.27. The maximum absolute atomic E-state index is 12.7. The van der Waals surface area contributed by atoms with Crippen molar-refractivity contribution in [3.05, 3.63) is 65.5 Å². The molecule has 0 aliphatic carbocycles. The minimum atomic E-state index is -0.295. The molecule has 4 heteroatoms. The summed E-state index contributed by atoms with van der Waals surface area (Å²) in [6, 6.07) is 14.0. The molecule has 0 saturated carbocycles. The third-order valence-corrected chi connectivity index (χ3v) is 3.27. The number of rotatable bonds is 7. The van der Waals surface area contributed by atoms with Crippen LogP contribution < -0.4 is 10.1 Å². The molecular formula is C18H20FNO2. The highest BCUT2D eigenvalue weighted by atomic mass is 19.1. The van der Waals surface area contributed by atoms with Crippen molar-refractivity contribution in [2.45, 2.75) is 19.8 Å². The maximum atomic E-state index is 12.7. The average Bonchev–Trinajstić information content (AvgIpc) is 2.53. The lowest BCUT2D eigenvalue weighted by atomic mass is 10.1. The fourth-order valence-electron chi connectivity index (χ4n) is 1.99. The molecule has 0 heterocycles. The molecule has 0 bridgehead atoms. The molecule has 0 radical (unpaired) electrons. The summed E-state index contributed by atoms with van der Waals surface area (Å²) in [7, 11) is 0. The van der Waals surface area contributed by atoms with Gasteiger partial charge in [0.15, 0.2) is 0 Å². The predicted molar refractivity (Wildman–Crippen MR) is 84.4 cm³/mol. The Bertz CT molecular complexity index is 593. The van der Waals surface area contributed by atoms with Crippen molar-refractivity contribution in [1.29, 1.82) is 0 Å². The van der Waals surface area contributed by atoms with Gasteiger partial charge in [-0.05, 0) is 43.2 Å². The van der Waals surface area contributed by atoms with Crippen LogP contribution in [0, 0.1) is 12.7 Å². The normalized spacial score (nSPS) is 10.3. The standard InChI is InChI=1S/C18H20FNO2/c1-14-2-4-15(5-3-14)6-11-18(21)20-12-13-22-17-9-7-16(19)8-10-17/h2-5,7-10H,6,11-13H2,1H3,(H,20,21). The second-order valence-corrected chi connectivity index (χ2v) is 5.14. The average molecular weight is 301 g/mol. The van der Waals surface area contributed by atoms with Gasteiger partial charge in [-0.3, -0.25) is 4.79 Å².